The molecule has 9 rings (SSSR count). The van der Waals surface area contributed by atoms with Gasteiger partial charge in [-0.25, -0.2) is 15.0 Å². The zero-order valence-electron chi connectivity index (χ0n) is 28.8. The Morgan fingerprint density at radius 1 is 0.434 bits per heavy atom. The minimum atomic E-state index is 0.583. The average Bonchev–Trinajstić information content (AvgIpc) is 3.53. The molecule has 0 saturated heterocycles. The Balaban J connectivity index is 1.23. The molecular formula is C49H32N4. The van der Waals surface area contributed by atoms with Crippen molar-refractivity contribution in [1.29, 1.82) is 5.26 Å². The number of rotatable bonds is 6. The van der Waals surface area contributed by atoms with Crippen LogP contribution in [0.15, 0.2) is 182 Å². The van der Waals surface area contributed by atoms with Crippen LogP contribution < -0.4 is 0 Å². The Labute approximate surface area is 308 Å². The van der Waals surface area contributed by atoms with Gasteiger partial charge in [0.15, 0.2) is 17.5 Å². The maximum atomic E-state index is 9.52. The second-order valence-corrected chi connectivity index (χ2v) is 13.1. The van der Waals surface area contributed by atoms with Gasteiger partial charge in [0.1, 0.15) is 0 Å². The molecule has 0 spiro atoms. The molecule has 4 heteroatoms. The number of nitriles is 1. The van der Waals surface area contributed by atoms with Crippen LogP contribution >= 0.6 is 0 Å². The molecule has 0 saturated carbocycles. The summed E-state index contributed by atoms with van der Waals surface area (Å²) in [5.74, 6) is 1.79. The van der Waals surface area contributed by atoms with Crippen LogP contribution in [0.4, 0.5) is 0 Å². The van der Waals surface area contributed by atoms with Gasteiger partial charge in [-0.1, -0.05) is 158 Å². The summed E-state index contributed by atoms with van der Waals surface area (Å²) >= 11 is 0. The van der Waals surface area contributed by atoms with Crippen molar-refractivity contribution in [2.45, 2.75) is 6.42 Å². The molecule has 8 aromatic rings. The van der Waals surface area contributed by atoms with E-state index < -0.39 is 0 Å². The fourth-order valence-electron chi connectivity index (χ4n) is 7.27. The number of aromatic nitrogens is 3. The molecule has 1 aliphatic carbocycles. The summed E-state index contributed by atoms with van der Waals surface area (Å²) < 4.78 is 0. The van der Waals surface area contributed by atoms with Crippen LogP contribution in [0.1, 0.15) is 17.8 Å². The van der Waals surface area contributed by atoms with E-state index in [4.69, 9.17) is 15.0 Å². The summed E-state index contributed by atoms with van der Waals surface area (Å²) in [6.45, 7) is 0. The highest BCUT2D eigenvalue weighted by atomic mass is 15.0. The molecule has 1 aliphatic rings. The summed E-state index contributed by atoms with van der Waals surface area (Å²) in [5.41, 5.74) is 9.97. The molecule has 1 heterocycles. The van der Waals surface area contributed by atoms with Crippen LogP contribution in [0.2, 0.25) is 0 Å². The van der Waals surface area contributed by atoms with E-state index in [1.165, 1.54) is 38.2 Å². The number of hydrogen-bond donors (Lipinski definition) is 0. The quantitative estimate of drug-likeness (QED) is 0.164. The van der Waals surface area contributed by atoms with Crippen molar-refractivity contribution in [3.63, 3.8) is 0 Å². The fraction of sp³-hybridized carbons (Fsp3) is 0.0204. The van der Waals surface area contributed by atoms with Gasteiger partial charge < -0.3 is 0 Å². The first-order valence-electron chi connectivity index (χ1n) is 17.7. The number of benzene rings is 7. The molecule has 53 heavy (non-hydrogen) atoms. The first-order chi connectivity index (χ1) is 26.2. The summed E-state index contributed by atoms with van der Waals surface area (Å²) in [4.78, 5) is 15.3. The van der Waals surface area contributed by atoms with Gasteiger partial charge >= 0.3 is 0 Å². The lowest BCUT2D eigenvalue weighted by atomic mass is 9.86. The van der Waals surface area contributed by atoms with Crippen molar-refractivity contribution in [1.82, 2.24) is 15.0 Å². The molecule has 0 radical (unpaired) electrons. The van der Waals surface area contributed by atoms with Crippen molar-refractivity contribution < 1.29 is 0 Å². The molecule has 0 bridgehead atoms. The SMILES string of the molecule is N#Cc1cccc(-c2cccc(-c3nc(C4=CC=CCC=C4)nc(-c4cccc(-c5c6ccccc6c(-c6ccccc6)c6ccccc56)c4)n3)c2)c1. The maximum Gasteiger partial charge on any atom is 0.164 e. The monoisotopic (exact) mass is 676 g/mol. The smallest absolute Gasteiger partial charge is 0.164 e. The maximum absolute atomic E-state index is 9.52. The lowest BCUT2D eigenvalue weighted by molar-refractivity contribution is 1.04. The Bertz CT molecular complexity index is 2760. The molecule has 0 aliphatic heterocycles. The number of hydrogen-bond acceptors (Lipinski definition) is 4. The van der Waals surface area contributed by atoms with Gasteiger partial charge in [-0.15, -0.1) is 0 Å². The Hall–Kier alpha value is -7.22. The van der Waals surface area contributed by atoms with Gasteiger partial charge in [-0.2, -0.15) is 5.26 Å². The molecular weight excluding hydrogens is 645 g/mol. The minimum absolute atomic E-state index is 0.583. The summed E-state index contributed by atoms with van der Waals surface area (Å²) in [7, 11) is 0. The van der Waals surface area contributed by atoms with E-state index in [2.05, 4.69) is 146 Å². The number of nitrogens with zero attached hydrogens (tertiary/aromatic N) is 4. The Morgan fingerprint density at radius 2 is 0.925 bits per heavy atom. The van der Waals surface area contributed by atoms with Gasteiger partial charge in [0.25, 0.3) is 0 Å². The van der Waals surface area contributed by atoms with Crippen LogP contribution in [0.3, 0.4) is 0 Å². The Kier molecular flexibility index (Phi) is 8.28. The van der Waals surface area contributed by atoms with E-state index >= 15 is 0 Å². The van der Waals surface area contributed by atoms with Gasteiger partial charge in [0.2, 0.25) is 0 Å². The van der Waals surface area contributed by atoms with Gasteiger partial charge in [-0.05, 0) is 85.6 Å². The highest BCUT2D eigenvalue weighted by Crippen LogP contribution is 2.44. The zero-order chi connectivity index (χ0) is 35.6. The molecule has 1 aromatic heterocycles. The van der Waals surface area contributed by atoms with Crippen LogP contribution in [-0.4, -0.2) is 15.0 Å². The number of fused-ring (bicyclic) bond motifs is 2. The second-order valence-electron chi connectivity index (χ2n) is 13.1. The Morgan fingerprint density at radius 3 is 1.57 bits per heavy atom. The van der Waals surface area contributed by atoms with Crippen LogP contribution in [0.5, 0.6) is 0 Å². The molecule has 0 amide bonds. The van der Waals surface area contributed by atoms with E-state index in [1.54, 1.807) is 0 Å². The average molecular weight is 677 g/mol. The third kappa shape index (κ3) is 6.11. The second kappa shape index (κ2) is 13.8. The lowest BCUT2D eigenvalue weighted by Gasteiger charge is -2.18. The van der Waals surface area contributed by atoms with E-state index in [-0.39, 0.29) is 0 Å². The van der Waals surface area contributed by atoms with Crippen LogP contribution in [0, 0.1) is 11.3 Å². The topological polar surface area (TPSA) is 62.5 Å². The fourth-order valence-corrected chi connectivity index (χ4v) is 7.27. The highest BCUT2D eigenvalue weighted by Gasteiger charge is 2.18. The van der Waals surface area contributed by atoms with E-state index in [9.17, 15) is 5.26 Å². The highest BCUT2D eigenvalue weighted by molar-refractivity contribution is 6.21. The predicted octanol–water partition coefficient (Wildman–Crippen LogP) is 12.3. The van der Waals surface area contributed by atoms with E-state index in [0.29, 0.717) is 23.0 Å². The summed E-state index contributed by atoms with van der Waals surface area (Å²) in [6.07, 6.45) is 11.3. The summed E-state index contributed by atoms with van der Waals surface area (Å²) in [5, 5.41) is 14.3. The molecule has 0 N–H and O–H groups in total. The number of allylic oxidation sites excluding steroid dienone is 6. The molecule has 0 fully saturated rings. The zero-order valence-corrected chi connectivity index (χ0v) is 28.8. The van der Waals surface area contributed by atoms with Gasteiger partial charge in [-0.3, -0.25) is 0 Å². The van der Waals surface area contributed by atoms with Crippen LogP contribution in [0.25, 0.3) is 83.3 Å². The molecule has 248 valence electrons. The molecule has 0 unspecified atom stereocenters. The van der Waals surface area contributed by atoms with Gasteiger partial charge in [0.05, 0.1) is 11.6 Å². The van der Waals surface area contributed by atoms with E-state index in [1.807, 2.05) is 42.5 Å². The van der Waals surface area contributed by atoms with Gasteiger partial charge in [0, 0.05) is 16.7 Å². The molecule has 4 nitrogen and oxygen atoms in total. The molecule has 7 aromatic carbocycles. The normalized spacial score (nSPS) is 12.4. The van der Waals surface area contributed by atoms with Crippen molar-refractivity contribution in [2.75, 3.05) is 0 Å². The summed E-state index contributed by atoms with van der Waals surface area (Å²) in [6, 6.07) is 54.7. The third-order valence-corrected chi connectivity index (χ3v) is 9.72. The van der Waals surface area contributed by atoms with Crippen molar-refractivity contribution in [3.05, 3.63) is 193 Å². The first kappa shape index (κ1) is 31.7. The molecule has 0 atom stereocenters. The standard InChI is InChI=1S/C49H32N4/c50-32-33-15-12-20-36(29-33)37-21-13-23-39(30-37)48-51-47(35-18-4-1-2-5-19-35)52-49(53-48)40-24-14-22-38(31-40)46-43-27-10-8-25-41(43)45(34-16-6-3-7-17-34)42-26-9-11-28-44(42)46/h1,3-31H,2H2. The van der Waals surface area contributed by atoms with E-state index in [0.717, 1.165) is 39.8 Å². The largest absolute Gasteiger partial charge is 0.208 e. The van der Waals surface area contributed by atoms with Crippen molar-refractivity contribution in [3.8, 4) is 62.2 Å². The van der Waals surface area contributed by atoms with Crippen molar-refractivity contribution in [2.24, 2.45) is 0 Å². The third-order valence-electron chi connectivity index (χ3n) is 9.72. The van der Waals surface area contributed by atoms with Crippen LogP contribution in [-0.2, 0) is 0 Å². The minimum Gasteiger partial charge on any atom is -0.208 e. The van der Waals surface area contributed by atoms with Crippen molar-refractivity contribution >= 4 is 27.1 Å². The first-order valence-corrected chi connectivity index (χ1v) is 17.7. The lowest BCUT2D eigenvalue weighted by Crippen LogP contribution is -2.02. The predicted molar refractivity (Wildman–Crippen MR) is 218 cm³/mol.